The zero-order chi connectivity index (χ0) is 17.8. The molecule has 3 aromatic rings. The van der Waals surface area contributed by atoms with Gasteiger partial charge in [0.25, 0.3) is 0 Å². The molecule has 3 aromatic carbocycles. The van der Waals surface area contributed by atoms with Crippen LogP contribution in [-0.2, 0) is 4.79 Å². The summed E-state index contributed by atoms with van der Waals surface area (Å²) in [6.45, 7) is 3.69. The molecule has 0 saturated carbocycles. The predicted octanol–water partition coefficient (Wildman–Crippen LogP) is 4.04. The molecule has 0 bridgehead atoms. The fraction of sp³-hybridized carbons (Fsp3) is 0.0952. The van der Waals surface area contributed by atoms with Crippen molar-refractivity contribution in [3.8, 4) is 11.5 Å². The maximum absolute atomic E-state index is 12.4. The highest BCUT2D eigenvalue weighted by Gasteiger charge is 2.21. The van der Waals surface area contributed by atoms with Crippen LogP contribution in [0.1, 0.15) is 11.7 Å². The lowest BCUT2D eigenvalue weighted by molar-refractivity contribution is -0.131. The van der Waals surface area contributed by atoms with Gasteiger partial charge in [0.2, 0.25) is 0 Å². The Balaban J connectivity index is 1.78. The van der Waals surface area contributed by atoms with Crippen molar-refractivity contribution in [3.63, 3.8) is 0 Å². The Hall–Kier alpha value is -3.11. The molecule has 126 valence electrons. The topological polar surface area (TPSA) is 55.8 Å². The van der Waals surface area contributed by atoms with Gasteiger partial charge in [-0.05, 0) is 29.1 Å². The SMILES string of the molecule is C=C(C(=O)Oc1cccc2ccccc12)C(O)c1ccc(OC)cc1. The molecule has 0 aliphatic rings. The molecule has 0 aliphatic heterocycles. The average molecular weight is 334 g/mol. The number of carbonyl (C=O) groups excluding carboxylic acids is 1. The lowest BCUT2D eigenvalue weighted by Crippen LogP contribution is -2.16. The summed E-state index contributed by atoms with van der Waals surface area (Å²) in [6.07, 6.45) is -1.15. The van der Waals surface area contributed by atoms with Crippen molar-refractivity contribution in [2.24, 2.45) is 0 Å². The van der Waals surface area contributed by atoms with Crippen LogP contribution in [0.3, 0.4) is 0 Å². The van der Waals surface area contributed by atoms with Gasteiger partial charge < -0.3 is 14.6 Å². The Kier molecular flexibility index (Phi) is 4.82. The largest absolute Gasteiger partial charge is 0.497 e. The van der Waals surface area contributed by atoms with Gasteiger partial charge in [0.15, 0.2) is 0 Å². The van der Waals surface area contributed by atoms with Gasteiger partial charge in [-0.3, -0.25) is 0 Å². The molecule has 3 rings (SSSR count). The van der Waals surface area contributed by atoms with Crippen molar-refractivity contribution in [1.82, 2.24) is 0 Å². The number of fused-ring (bicyclic) bond motifs is 1. The van der Waals surface area contributed by atoms with Crippen LogP contribution in [0.2, 0.25) is 0 Å². The van der Waals surface area contributed by atoms with E-state index in [-0.39, 0.29) is 5.57 Å². The second kappa shape index (κ2) is 7.20. The van der Waals surface area contributed by atoms with E-state index in [0.717, 1.165) is 10.8 Å². The second-order valence-electron chi connectivity index (χ2n) is 5.57. The first-order valence-corrected chi connectivity index (χ1v) is 7.81. The first-order chi connectivity index (χ1) is 12.1. The van der Waals surface area contributed by atoms with Gasteiger partial charge in [0, 0.05) is 5.39 Å². The van der Waals surface area contributed by atoms with Crippen LogP contribution in [0.25, 0.3) is 10.8 Å². The molecule has 0 saturated heterocycles. The molecule has 0 aliphatic carbocycles. The summed E-state index contributed by atoms with van der Waals surface area (Å²) in [6, 6.07) is 19.9. The minimum atomic E-state index is -1.15. The number of ether oxygens (including phenoxy) is 2. The van der Waals surface area contributed by atoms with E-state index in [9.17, 15) is 9.90 Å². The van der Waals surface area contributed by atoms with Gasteiger partial charge in [-0.1, -0.05) is 55.1 Å². The first-order valence-electron chi connectivity index (χ1n) is 7.81. The van der Waals surface area contributed by atoms with Crippen LogP contribution in [0.4, 0.5) is 0 Å². The molecule has 0 fully saturated rings. The molecule has 0 spiro atoms. The number of aliphatic hydroxyl groups excluding tert-OH is 1. The van der Waals surface area contributed by atoms with Gasteiger partial charge in [0.05, 0.1) is 12.7 Å². The van der Waals surface area contributed by atoms with Gasteiger partial charge in [0.1, 0.15) is 17.6 Å². The molecule has 0 amide bonds. The number of hydrogen-bond acceptors (Lipinski definition) is 4. The number of esters is 1. The fourth-order valence-corrected chi connectivity index (χ4v) is 2.55. The highest BCUT2D eigenvalue weighted by molar-refractivity contribution is 5.95. The zero-order valence-corrected chi connectivity index (χ0v) is 13.8. The van der Waals surface area contributed by atoms with E-state index in [4.69, 9.17) is 9.47 Å². The quantitative estimate of drug-likeness (QED) is 0.434. The van der Waals surface area contributed by atoms with Crippen LogP contribution in [0, 0.1) is 0 Å². The monoisotopic (exact) mass is 334 g/mol. The molecule has 1 N–H and O–H groups in total. The van der Waals surface area contributed by atoms with Crippen molar-refractivity contribution in [2.75, 3.05) is 7.11 Å². The predicted molar refractivity (Wildman–Crippen MR) is 96.7 cm³/mol. The van der Waals surface area contributed by atoms with Gasteiger partial charge in [-0.25, -0.2) is 4.79 Å². The summed E-state index contributed by atoms with van der Waals surface area (Å²) < 4.78 is 10.5. The van der Waals surface area contributed by atoms with E-state index < -0.39 is 12.1 Å². The molecule has 1 atom stereocenters. The summed E-state index contributed by atoms with van der Waals surface area (Å²) in [7, 11) is 1.56. The second-order valence-corrected chi connectivity index (χ2v) is 5.57. The van der Waals surface area contributed by atoms with Crippen molar-refractivity contribution in [1.29, 1.82) is 0 Å². The van der Waals surface area contributed by atoms with Crippen LogP contribution >= 0.6 is 0 Å². The maximum Gasteiger partial charge on any atom is 0.341 e. The Bertz CT molecular complexity index is 907. The van der Waals surface area contributed by atoms with Crippen molar-refractivity contribution in [3.05, 3.63) is 84.4 Å². The first kappa shape index (κ1) is 16.7. The standard InChI is InChI=1S/C21H18O4/c1-14(20(22)16-10-12-17(24-2)13-11-16)21(23)25-19-9-5-7-15-6-3-4-8-18(15)19/h3-13,20,22H,1H2,2H3. The minimum Gasteiger partial charge on any atom is -0.497 e. The number of hydrogen-bond donors (Lipinski definition) is 1. The van der Waals surface area contributed by atoms with Crippen molar-refractivity contribution in [2.45, 2.75) is 6.10 Å². The summed E-state index contributed by atoms with van der Waals surface area (Å²) in [4.78, 5) is 12.4. The van der Waals surface area contributed by atoms with E-state index in [1.165, 1.54) is 0 Å². The van der Waals surface area contributed by atoms with Crippen LogP contribution in [0.5, 0.6) is 11.5 Å². The number of aliphatic hydroxyl groups is 1. The number of methoxy groups -OCH3 is 1. The molecule has 4 heteroatoms. The molecular formula is C21H18O4. The summed E-state index contributed by atoms with van der Waals surface area (Å²) in [5.41, 5.74) is 0.513. The molecular weight excluding hydrogens is 316 g/mol. The van der Waals surface area contributed by atoms with E-state index in [0.29, 0.717) is 17.1 Å². The number of benzene rings is 3. The van der Waals surface area contributed by atoms with E-state index in [1.807, 2.05) is 36.4 Å². The molecule has 1 unspecified atom stereocenters. The van der Waals surface area contributed by atoms with Crippen LogP contribution < -0.4 is 9.47 Å². The molecule has 0 aromatic heterocycles. The smallest absolute Gasteiger partial charge is 0.341 e. The summed E-state index contributed by atoms with van der Waals surface area (Å²) >= 11 is 0. The zero-order valence-electron chi connectivity index (χ0n) is 13.8. The third-order valence-corrected chi connectivity index (χ3v) is 3.98. The fourth-order valence-electron chi connectivity index (χ4n) is 2.55. The molecule has 0 heterocycles. The highest BCUT2D eigenvalue weighted by Crippen LogP contribution is 2.28. The molecule has 0 radical (unpaired) electrons. The molecule has 4 nitrogen and oxygen atoms in total. The van der Waals surface area contributed by atoms with Crippen LogP contribution in [0.15, 0.2) is 78.9 Å². The molecule has 25 heavy (non-hydrogen) atoms. The van der Waals surface area contributed by atoms with E-state index >= 15 is 0 Å². The Labute approximate surface area is 145 Å². The van der Waals surface area contributed by atoms with Gasteiger partial charge in [-0.2, -0.15) is 0 Å². The minimum absolute atomic E-state index is 0.0295. The number of carbonyl (C=O) groups is 1. The Morgan fingerprint density at radius 3 is 2.40 bits per heavy atom. The van der Waals surface area contributed by atoms with Crippen LogP contribution in [-0.4, -0.2) is 18.2 Å². The van der Waals surface area contributed by atoms with Gasteiger partial charge in [-0.15, -0.1) is 0 Å². The van der Waals surface area contributed by atoms with E-state index in [2.05, 4.69) is 6.58 Å². The summed E-state index contributed by atoms with van der Waals surface area (Å²) in [5, 5.41) is 12.2. The van der Waals surface area contributed by atoms with E-state index in [1.54, 1.807) is 37.4 Å². The average Bonchev–Trinajstić information content (AvgIpc) is 2.67. The normalized spacial score (nSPS) is 11.8. The highest BCUT2D eigenvalue weighted by atomic mass is 16.5. The van der Waals surface area contributed by atoms with Crippen molar-refractivity contribution < 1.29 is 19.4 Å². The third-order valence-electron chi connectivity index (χ3n) is 3.98. The number of rotatable bonds is 5. The Morgan fingerprint density at radius 1 is 1.00 bits per heavy atom. The summed E-state index contributed by atoms with van der Waals surface area (Å²) in [5.74, 6) is 0.436. The van der Waals surface area contributed by atoms with Gasteiger partial charge >= 0.3 is 5.97 Å². The Morgan fingerprint density at radius 2 is 1.68 bits per heavy atom. The maximum atomic E-state index is 12.4. The lowest BCUT2D eigenvalue weighted by atomic mass is 10.0. The third kappa shape index (κ3) is 3.54. The van der Waals surface area contributed by atoms with Crippen molar-refractivity contribution >= 4 is 16.7 Å². The lowest BCUT2D eigenvalue weighted by Gasteiger charge is -2.14.